The molecule has 7 heteroatoms. The van der Waals surface area contributed by atoms with Gasteiger partial charge in [0.2, 0.25) is 0 Å². The number of carbonyl (C=O) groups is 1. The highest BCUT2D eigenvalue weighted by molar-refractivity contribution is 5.94. The molecule has 2 N–H and O–H groups in total. The molecule has 1 amide bonds. The van der Waals surface area contributed by atoms with Crippen molar-refractivity contribution in [3.8, 4) is 5.69 Å². The summed E-state index contributed by atoms with van der Waals surface area (Å²) in [6.07, 6.45) is 3.80. The summed E-state index contributed by atoms with van der Waals surface area (Å²) in [6, 6.07) is 9.84. The Morgan fingerprint density at radius 1 is 1.30 bits per heavy atom. The second kappa shape index (κ2) is 7.08. The van der Waals surface area contributed by atoms with Crippen LogP contribution in [0.25, 0.3) is 16.6 Å². The average Bonchev–Trinajstić information content (AvgIpc) is 3.08. The first-order valence-electron chi connectivity index (χ1n) is 9.37. The fourth-order valence-corrected chi connectivity index (χ4v) is 3.80. The Labute approximate surface area is 158 Å². The number of carbonyl (C=O) groups excluding carboxylic acids is 1. The average molecular weight is 364 g/mol. The lowest BCUT2D eigenvalue weighted by molar-refractivity contribution is 0.0654. The quantitative estimate of drug-likeness (QED) is 0.770. The molecule has 4 rings (SSSR count). The highest BCUT2D eigenvalue weighted by Gasteiger charge is 2.29. The number of fused-ring (bicyclic) bond motifs is 1. The van der Waals surface area contributed by atoms with Crippen molar-refractivity contribution in [3.05, 3.63) is 47.9 Å². The summed E-state index contributed by atoms with van der Waals surface area (Å²) in [5.41, 5.74) is 8.95. The fourth-order valence-electron chi connectivity index (χ4n) is 3.80. The van der Waals surface area contributed by atoms with Gasteiger partial charge in [-0.3, -0.25) is 9.78 Å². The van der Waals surface area contributed by atoms with E-state index in [0.717, 1.165) is 41.7 Å². The van der Waals surface area contributed by atoms with E-state index in [-0.39, 0.29) is 11.9 Å². The van der Waals surface area contributed by atoms with E-state index in [9.17, 15) is 4.79 Å². The number of rotatable bonds is 3. The topological polar surface area (TPSA) is 89.9 Å². The normalized spacial score (nSPS) is 18.6. The van der Waals surface area contributed by atoms with Gasteiger partial charge >= 0.3 is 0 Å². The van der Waals surface area contributed by atoms with Crippen LogP contribution in [0.4, 0.5) is 0 Å². The number of piperidine rings is 1. The molecule has 2 atom stereocenters. The van der Waals surface area contributed by atoms with E-state index in [1.165, 1.54) is 0 Å². The fraction of sp³-hybridized carbons (Fsp3) is 0.400. The molecule has 2 aromatic heterocycles. The minimum atomic E-state index is -0.0672. The second-order valence-electron chi connectivity index (χ2n) is 7.30. The number of pyridine rings is 1. The monoisotopic (exact) mass is 364 g/mol. The van der Waals surface area contributed by atoms with Crippen LogP contribution in [0, 0.1) is 12.8 Å². The van der Waals surface area contributed by atoms with Crippen LogP contribution in [-0.2, 0) is 0 Å². The molecule has 0 spiro atoms. The zero-order valence-corrected chi connectivity index (χ0v) is 15.7. The largest absolute Gasteiger partial charge is 0.337 e. The molecule has 2 unspecified atom stereocenters. The summed E-state index contributed by atoms with van der Waals surface area (Å²) < 4.78 is 1.73. The molecule has 0 aliphatic carbocycles. The Kier molecular flexibility index (Phi) is 4.61. The number of benzene rings is 1. The van der Waals surface area contributed by atoms with E-state index < -0.39 is 0 Å². The molecule has 1 saturated heterocycles. The first-order chi connectivity index (χ1) is 13.1. The van der Waals surface area contributed by atoms with Crippen LogP contribution in [0.1, 0.15) is 35.9 Å². The summed E-state index contributed by atoms with van der Waals surface area (Å²) in [5, 5.41) is 9.46. The lowest BCUT2D eigenvalue weighted by Crippen LogP contribution is -2.45. The molecular weight excluding hydrogens is 340 g/mol. The minimum Gasteiger partial charge on any atom is -0.337 e. The molecule has 1 fully saturated rings. The van der Waals surface area contributed by atoms with Gasteiger partial charge in [0, 0.05) is 30.7 Å². The SMILES string of the molecule is Cc1c(C(=O)N2CCCC(C(C)N)C2)nnn1-c1cccc2ncccc12. The van der Waals surface area contributed by atoms with Gasteiger partial charge in [-0.2, -0.15) is 0 Å². The lowest BCUT2D eigenvalue weighted by Gasteiger charge is -2.34. The Morgan fingerprint density at radius 3 is 2.96 bits per heavy atom. The van der Waals surface area contributed by atoms with Crippen LogP contribution in [-0.4, -0.2) is 49.9 Å². The molecule has 7 nitrogen and oxygen atoms in total. The molecule has 1 aromatic carbocycles. The highest BCUT2D eigenvalue weighted by Crippen LogP contribution is 2.24. The summed E-state index contributed by atoms with van der Waals surface area (Å²) in [4.78, 5) is 19.3. The number of hydrogen-bond acceptors (Lipinski definition) is 5. The maximum Gasteiger partial charge on any atom is 0.276 e. The van der Waals surface area contributed by atoms with Gasteiger partial charge in [0.25, 0.3) is 5.91 Å². The number of nitrogens with zero attached hydrogens (tertiary/aromatic N) is 5. The number of aromatic nitrogens is 4. The molecular formula is C20H24N6O. The van der Waals surface area contributed by atoms with E-state index >= 15 is 0 Å². The van der Waals surface area contributed by atoms with Crippen LogP contribution in [0.2, 0.25) is 0 Å². The Balaban J connectivity index is 1.67. The zero-order chi connectivity index (χ0) is 19.0. The van der Waals surface area contributed by atoms with Crippen molar-refractivity contribution < 1.29 is 4.79 Å². The van der Waals surface area contributed by atoms with Crippen LogP contribution >= 0.6 is 0 Å². The predicted molar refractivity (Wildman–Crippen MR) is 104 cm³/mol. The summed E-state index contributed by atoms with van der Waals surface area (Å²) >= 11 is 0. The van der Waals surface area contributed by atoms with E-state index in [1.54, 1.807) is 10.9 Å². The summed E-state index contributed by atoms with van der Waals surface area (Å²) in [5.74, 6) is 0.268. The van der Waals surface area contributed by atoms with Gasteiger partial charge in [0.1, 0.15) is 0 Å². The second-order valence-corrected chi connectivity index (χ2v) is 7.30. The Bertz CT molecular complexity index is 974. The number of amides is 1. The van der Waals surface area contributed by atoms with Gasteiger partial charge in [0.15, 0.2) is 5.69 Å². The van der Waals surface area contributed by atoms with Crippen molar-refractivity contribution in [2.24, 2.45) is 11.7 Å². The molecule has 1 aliphatic rings. The van der Waals surface area contributed by atoms with Crippen molar-refractivity contribution in [1.29, 1.82) is 0 Å². The van der Waals surface area contributed by atoms with E-state index in [4.69, 9.17) is 5.73 Å². The standard InChI is InChI=1S/C20H24N6O/c1-13(21)15-6-5-11-25(12-15)20(27)19-14(2)26(24-23-19)18-9-3-8-17-16(18)7-4-10-22-17/h3-4,7-10,13,15H,5-6,11-12,21H2,1-2H3. The van der Waals surface area contributed by atoms with Gasteiger partial charge in [-0.1, -0.05) is 11.3 Å². The third-order valence-corrected chi connectivity index (χ3v) is 5.44. The van der Waals surface area contributed by atoms with Crippen LogP contribution in [0.15, 0.2) is 36.5 Å². The third-order valence-electron chi connectivity index (χ3n) is 5.44. The summed E-state index contributed by atoms with van der Waals surface area (Å²) in [7, 11) is 0. The van der Waals surface area contributed by atoms with Crippen molar-refractivity contribution >= 4 is 16.8 Å². The van der Waals surface area contributed by atoms with Crippen molar-refractivity contribution in [2.75, 3.05) is 13.1 Å². The van der Waals surface area contributed by atoms with Crippen molar-refractivity contribution in [1.82, 2.24) is 24.9 Å². The summed E-state index contributed by atoms with van der Waals surface area (Å²) in [6.45, 7) is 5.32. The van der Waals surface area contributed by atoms with Crippen LogP contribution < -0.4 is 5.73 Å². The number of hydrogen-bond donors (Lipinski definition) is 1. The Morgan fingerprint density at radius 2 is 2.15 bits per heavy atom. The highest BCUT2D eigenvalue weighted by atomic mass is 16.2. The first-order valence-corrected chi connectivity index (χ1v) is 9.37. The molecule has 27 heavy (non-hydrogen) atoms. The predicted octanol–water partition coefficient (Wildman–Crippen LogP) is 2.32. The molecule has 1 aliphatic heterocycles. The van der Waals surface area contributed by atoms with Gasteiger partial charge in [0.05, 0.1) is 16.9 Å². The van der Waals surface area contributed by atoms with Gasteiger partial charge in [-0.15, -0.1) is 5.10 Å². The maximum atomic E-state index is 13.1. The molecule has 3 heterocycles. The van der Waals surface area contributed by atoms with E-state index in [0.29, 0.717) is 18.2 Å². The maximum absolute atomic E-state index is 13.1. The molecule has 140 valence electrons. The van der Waals surface area contributed by atoms with E-state index in [2.05, 4.69) is 15.3 Å². The zero-order valence-electron chi connectivity index (χ0n) is 15.7. The molecule has 3 aromatic rings. The third kappa shape index (κ3) is 3.19. The Hall–Kier alpha value is -2.80. The van der Waals surface area contributed by atoms with E-state index in [1.807, 2.05) is 49.1 Å². The van der Waals surface area contributed by atoms with Crippen molar-refractivity contribution in [3.63, 3.8) is 0 Å². The minimum absolute atomic E-state index is 0.0672. The van der Waals surface area contributed by atoms with Crippen molar-refractivity contribution in [2.45, 2.75) is 32.7 Å². The first kappa shape index (κ1) is 17.6. The number of likely N-dealkylation sites (tertiary alicyclic amines) is 1. The molecule has 0 radical (unpaired) electrons. The van der Waals surface area contributed by atoms with Gasteiger partial charge in [-0.05, 0) is 56.9 Å². The van der Waals surface area contributed by atoms with Crippen LogP contribution in [0.3, 0.4) is 0 Å². The lowest BCUT2D eigenvalue weighted by atomic mass is 9.92. The van der Waals surface area contributed by atoms with Gasteiger partial charge < -0.3 is 10.6 Å². The molecule has 0 bridgehead atoms. The number of nitrogens with two attached hydrogens (primary N) is 1. The van der Waals surface area contributed by atoms with Gasteiger partial charge in [-0.25, -0.2) is 4.68 Å². The van der Waals surface area contributed by atoms with Crippen LogP contribution in [0.5, 0.6) is 0 Å². The smallest absolute Gasteiger partial charge is 0.276 e. The molecule has 0 saturated carbocycles.